The number of halogens is 1. The van der Waals surface area contributed by atoms with Gasteiger partial charge in [0.15, 0.2) is 4.75 Å². The van der Waals surface area contributed by atoms with Crippen molar-refractivity contribution < 1.29 is 17.6 Å². The van der Waals surface area contributed by atoms with Gasteiger partial charge in [-0.15, -0.1) is 0 Å². The van der Waals surface area contributed by atoms with Gasteiger partial charge < -0.3 is 0 Å². The summed E-state index contributed by atoms with van der Waals surface area (Å²) >= 11 is 0. The first-order valence-corrected chi connectivity index (χ1v) is 6.91. The van der Waals surface area contributed by atoms with Gasteiger partial charge in [0.2, 0.25) is 0 Å². The molecule has 7 heteroatoms. The number of hydrogen-bond acceptors (Lipinski definition) is 4. The molecule has 0 aliphatic carbocycles. The van der Waals surface area contributed by atoms with E-state index in [9.17, 15) is 17.6 Å². The molecule has 19 heavy (non-hydrogen) atoms. The number of hydrogen-bond donors (Lipinski definition) is 0. The third-order valence-electron chi connectivity index (χ3n) is 3.19. The minimum atomic E-state index is -3.75. The van der Waals surface area contributed by atoms with E-state index >= 15 is 0 Å². The molecule has 1 saturated heterocycles. The van der Waals surface area contributed by atoms with Crippen molar-refractivity contribution in [3.63, 3.8) is 0 Å². The topological polar surface area (TPSA) is 78.2 Å². The summed E-state index contributed by atoms with van der Waals surface area (Å²) in [5.41, 5.74) is -0.173. The molecule has 2 rings (SSSR count). The SMILES string of the molecule is CC1(C)C(=O)N(Cc2cccc(C#N)c2F)S1(=O)=O. The zero-order chi connectivity index (χ0) is 14.4. The average Bonchev–Trinajstić information content (AvgIpc) is 2.36. The van der Waals surface area contributed by atoms with Gasteiger partial charge in [0.1, 0.15) is 11.9 Å². The zero-order valence-corrected chi connectivity index (χ0v) is 11.2. The van der Waals surface area contributed by atoms with Gasteiger partial charge in [-0.05, 0) is 19.9 Å². The number of carbonyl (C=O) groups is 1. The Morgan fingerprint density at radius 3 is 2.58 bits per heavy atom. The molecule has 0 atom stereocenters. The highest BCUT2D eigenvalue weighted by molar-refractivity contribution is 7.94. The fraction of sp³-hybridized carbons (Fsp3) is 0.333. The molecule has 0 bridgehead atoms. The van der Waals surface area contributed by atoms with E-state index in [1.807, 2.05) is 0 Å². The molecule has 1 aromatic carbocycles. The van der Waals surface area contributed by atoms with Crippen LogP contribution in [-0.2, 0) is 21.4 Å². The number of carbonyl (C=O) groups excluding carboxylic acids is 1. The van der Waals surface area contributed by atoms with Gasteiger partial charge in [-0.25, -0.2) is 17.1 Å². The van der Waals surface area contributed by atoms with Crippen molar-refractivity contribution in [2.24, 2.45) is 0 Å². The predicted molar refractivity (Wildman–Crippen MR) is 64.7 cm³/mol. The minimum Gasteiger partial charge on any atom is -0.272 e. The molecule has 0 spiro atoms. The van der Waals surface area contributed by atoms with E-state index in [0.717, 1.165) is 0 Å². The molecule has 0 aromatic heterocycles. The predicted octanol–water partition coefficient (Wildman–Crippen LogP) is 1.15. The van der Waals surface area contributed by atoms with Crippen LogP contribution in [0.1, 0.15) is 25.0 Å². The summed E-state index contributed by atoms with van der Waals surface area (Å²) in [6.07, 6.45) is 0. The maximum absolute atomic E-state index is 13.8. The van der Waals surface area contributed by atoms with Crippen molar-refractivity contribution in [3.05, 3.63) is 35.1 Å². The number of amides is 1. The summed E-state index contributed by atoms with van der Waals surface area (Å²) in [4.78, 5) is 11.7. The normalized spacial score (nSPS) is 19.7. The van der Waals surface area contributed by atoms with E-state index in [1.54, 1.807) is 6.07 Å². The van der Waals surface area contributed by atoms with Gasteiger partial charge in [0, 0.05) is 5.56 Å². The van der Waals surface area contributed by atoms with Gasteiger partial charge in [-0.3, -0.25) is 4.79 Å². The van der Waals surface area contributed by atoms with E-state index in [1.165, 1.54) is 32.0 Å². The quantitative estimate of drug-likeness (QED) is 0.815. The standard InChI is InChI=1S/C12H11FN2O3S/c1-12(2)11(16)15(19(12,17)18)7-9-5-3-4-8(6-14)10(9)13/h3-5H,7H2,1-2H3. The average molecular weight is 282 g/mol. The van der Waals surface area contributed by atoms with Crippen molar-refractivity contribution in [1.29, 1.82) is 5.26 Å². The number of sulfonamides is 1. The Bertz CT molecular complexity index is 704. The Hall–Kier alpha value is -1.94. The Morgan fingerprint density at radius 1 is 1.42 bits per heavy atom. The summed E-state index contributed by atoms with van der Waals surface area (Å²) in [5, 5.41) is 8.70. The fourth-order valence-corrected chi connectivity index (χ4v) is 3.36. The van der Waals surface area contributed by atoms with Crippen LogP contribution in [0.2, 0.25) is 0 Å². The smallest absolute Gasteiger partial charge is 0.259 e. The highest BCUT2D eigenvalue weighted by atomic mass is 32.2. The second-order valence-electron chi connectivity index (χ2n) is 4.72. The van der Waals surface area contributed by atoms with Gasteiger partial charge in [0.25, 0.3) is 15.9 Å². The molecule has 0 unspecified atom stereocenters. The molecule has 0 saturated carbocycles. The third kappa shape index (κ3) is 1.71. The van der Waals surface area contributed by atoms with Crippen molar-refractivity contribution in [2.45, 2.75) is 25.1 Å². The van der Waals surface area contributed by atoms with Crippen LogP contribution in [0.4, 0.5) is 4.39 Å². The highest BCUT2D eigenvalue weighted by Crippen LogP contribution is 2.36. The lowest BCUT2D eigenvalue weighted by Gasteiger charge is -2.43. The lowest BCUT2D eigenvalue weighted by Crippen LogP contribution is -2.66. The molecule has 1 aromatic rings. The third-order valence-corrected chi connectivity index (χ3v) is 5.53. The molecule has 0 N–H and O–H groups in total. The second kappa shape index (κ2) is 4.03. The first kappa shape index (κ1) is 13.5. The molecular weight excluding hydrogens is 271 g/mol. The van der Waals surface area contributed by atoms with Crippen molar-refractivity contribution in [2.75, 3.05) is 0 Å². The number of nitriles is 1. The molecule has 1 aliphatic rings. The van der Waals surface area contributed by atoms with Gasteiger partial charge in [0.05, 0.1) is 12.1 Å². The molecule has 1 fully saturated rings. The lowest BCUT2D eigenvalue weighted by molar-refractivity contribution is -0.132. The molecule has 1 amide bonds. The molecule has 1 heterocycles. The van der Waals surface area contributed by atoms with Crippen molar-refractivity contribution in [3.8, 4) is 6.07 Å². The van der Waals surface area contributed by atoms with Crippen LogP contribution in [0.25, 0.3) is 0 Å². The minimum absolute atomic E-state index is 0.00600. The van der Waals surface area contributed by atoms with E-state index in [4.69, 9.17) is 5.26 Å². The van der Waals surface area contributed by atoms with Crippen LogP contribution in [0.3, 0.4) is 0 Å². The maximum Gasteiger partial charge on any atom is 0.259 e. The van der Waals surface area contributed by atoms with Crippen LogP contribution >= 0.6 is 0 Å². The van der Waals surface area contributed by atoms with Crippen LogP contribution in [0.5, 0.6) is 0 Å². The summed E-state index contributed by atoms with van der Waals surface area (Å²) in [6, 6.07) is 5.75. The van der Waals surface area contributed by atoms with Crippen molar-refractivity contribution in [1.82, 2.24) is 4.31 Å². The Kier molecular flexibility index (Phi) is 2.86. The monoisotopic (exact) mass is 282 g/mol. The van der Waals surface area contributed by atoms with Crippen LogP contribution < -0.4 is 0 Å². The highest BCUT2D eigenvalue weighted by Gasteiger charge is 2.60. The molecule has 0 radical (unpaired) electrons. The van der Waals surface area contributed by atoms with E-state index in [0.29, 0.717) is 4.31 Å². The Labute approximate surface area is 110 Å². The van der Waals surface area contributed by atoms with Crippen LogP contribution in [0.15, 0.2) is 18.2 Å². The fourth-order valence-electron chi connectivity index (χ4n) is 1.86. The maximum atomic E-state index is 13.8. The summed E-state index contributed by atoms with van der Waals surface area (Å²) < 4.78 is 36.7. The summed E-state index contributed by atoms with van der Waals surface area (Å²) in [6.45, 7) is 2.23. The van der Waals surface area contributed by atoms with Gasteiger partial charge in [-0.2, -0.15) is 5.26 Å². The molecule has 5 nitrogen and oxygen atoms in total. The summed E-state index contributed by atoms with van der Waals surface area (Å²) in [7, 11) is -3.75. The number of benzene rings is 1. The first-order chi connectivity index (χ1) is 8.73. The Balaban J connectivity index is 2.36. The zero-order valence-electron chi connectivity index (χ0n) is 10.3. The van der Waals surface area contributed by atoms with Crippen LogP contribution in [0, 0.1) is 17.1 Å². The van der Waals surface area contributed by atoms with Gasteiger partial charge >= 0.3 is 0 Å². The number of rotatable bonds is 2. The van der Waals surface area contributed by atoms with Gasteiger partial charge in [-0.1, -0.05) is 12.1 Å². The van der Waals surface area contributed by atoms with Crippen LogP contribution in [-0.4, -0.2) is 23.4 Å². The number of nitrogens with zero attached hydrogens (tertiary/aromatic N) is 2. The molecule has 100 valence electrons. The first-order valence-electron chi connectivity index (χ1n) is 5.47. The Morgan fingerprint density at radius 2 is 2.05 bits per heavy atom. The molecule has 1 aliphatic heterocycles. The summed E-state index contributed by atoms with van der Waals surface area (Å²) in [5.74, 6) is -1.37. The van der Waals surface area contributed by atoms with E-state index < -0.39 is 26.5 Å². The van der Waals surface area contributed by atoms with Crippen molar-refractivity contribution >= 4 is 15.9 Å². The lowest BCUT2D eigenvalue weighted by atomic mass is 10.1. The van der Waals surface area contributed by atoms with E-state index in [2.05, 4.69) is 0 Å². The molecular formula is C12H11FN2O3S. The van der Waals surface area contributed by atoms with E-state index in [-0.39, 0.29) is 17.7 Å². The second-order valence-corrected chi connectivity index (χ2v) is 7.13. The largest absolute Gasteiger partial charge is 0.272 e.